The van der Waals surface area contributed by atoms with Gasteiger partial charge in [0.15, 0.2) is 0 Å². The molecule has 0 bridgehead atoms. The summed E-state index contributed by atoms with van der Waals surface area (Å²) in [6, 6.07) is 4.70. The minimum Gasteiger partial charge on any atom is -0.551 e. The van der Waals surface area contributed by atoms with Gasteiger partial charge in [0.2, 0.25) is 0 Å². The van der Waals surface area contributed by atoms with Gasteiger partial charge in [-0.05, 0) is 24.9 Å². The zero-order valence-electron chi connectivity index (χ0n) is 12.8. The van der Waals surface area contributed by atoms with Crippen LogP contribution in [0.25, 0.3) is 0 Å². The van der Waals surface area contributed by atoms with Crippen molar-refractivity contribution in [1.82, 2.24) is 0 Å². The summed E-state index contributed by atoms with van der Waals surface area (Å²) in [5.41, 5.74) is 0.913. The van der Waals surface area contributed by atoms with Crippen molar-refractivity contribution in [2.24, 2.45) is 0 Å². The van der Waals surface area contributed by atoms with Crippen molar-refractivity contribution < 1.29 is 18.7 Å². The van der Waals surface area contributed by atoms with Crippen LogP contribution in [0.4, 0.5) is 20.6 Å². The quantitative estimate of drug-likeness (QED) is 0.453. The maximum atomic E-state index is 14.1. The lowest BCUT2D eigenvalue weighted by Gasteiger charge is -2.15. The Morgan fingerprint density at radius 3 is 3.09 bits per heavy atom. The molecule has 1 N–H and O–H groups in total. The summed E-state index contributed by atoms with van der Waals surface area (Å²) >= 11 is 0. The number of ether oxygens (including phenoxy) is 2. The molecule has 0 radical (unpaired) electrons. The predicted octanol–water partition coefficient (Wildman–Crippen LogP) is 3.07. The molecular formula is C15H21FN2O3P-. The second-order valence-corrected chi connectivity index (χ2v) is 5.99. The van der Waals surface area contributed by atoms with Crippen molar-refractivity contribution in [2.45, 2.75) is 13.0 Å². The third-order valence-corrected chi connectivity index (χ3v) is 4.14. The van der Waals surface area contributed by atoms with E-state index < -0.39 is 11.9 Å². The Labute approximate surface area is 131 Å². The molecule has 22 heavy (non-hydrogen) atoms. The van der Waals surface area contributed by atoms with Crippen LogP contribution in [-0.2, 0) is 9.47 Å². The molecule has 1 aromatic carbocycles. The van der Waals surface area contributed by atoms with Crippen LogP contribution in [0.5, 0.6) is 0 Å². The van der Waals surface area contributed by atoms with E-state index in [1.807, 2.05) is 0 Å². The van der Waals surface area contributed by atoms with E-state index in [4.69, 9.17) is 9.47 Å². The van der Waals surface area contributed by atoms with Crippen LogP contribution in [0.15, 0.2) is 18.2 Å². The summed E-state index contributed by atoms with van der Waals surface area (Å²) in [6.45, 7) is 6.90. The largest absolute Gasteiger partial charge is 0.551 e. The Kier molecular flexibility index (Phi) is 6.40. The number of hydrogen-bond acceptors (Lipinski definition) is 4. The molecule has 0 saturated carbocycles. The molecule has 2 unspecified atom stereocenters. The molecule has 1 amide bonds. The maximum Gasteiger partial charge on any atom is 0.414 e. The maximum absolute atomic E-state index is 14.1. The lowest BCUT2D eigenvalue weighted by molar-refractivity contribution is 0.151. The van der Waals surface area contributed by atoms with Gasteiger partial charge in [-0.25, -0.2) is 15.8 Å². The summed E-state index contributed by atoms with van der Waals surface area (Å²) in [6.07, 6.45) is 0.341. The molecule has 2 atom stereocenters. The predicted molar refractivity (Wildman–Crippen MR) is 87.5 cm³/mol. The summed E-state index contributed by atoms with van der Waals surface area (Å²) in [5, 5.41) is 2.95. The molecule has 1 aliphatic rings. The number of amides is 1. The molecule has 0 aromatic heterocycles. The number of halogens is 1. The molecule has 1 aromatic rings. The Morgan fingerprint density at radius 1 is 1.59 bits per heavy atom. The molecule has 1 saturated heterocycles. The van der Waals surface area contributed by atoms with Crippen LogP contribution in [0.2, 0.25) is 0 Å². The van der Waals surface area contributed by atoms with Crippen LogP contribution in [0.3, 0.4) is 0 Å². The van der Waals surface area contributed by atoms with Gasteiger partial charge in [-0.2, -0.15) is 6.92 Å². The highest BCUT2D eigenvalue weighted by Gasteiger charge is 2.32. The van der Waals surface area contributed by atoms with E-state index >= 15 is 0 Å². The van der Waals surface area contributed by atoms with Gasteiger partial charge >= 0.3 is 6.09 Å². The first-order valence-corrected chi connectivity index (χ1v) is 8.92. The van der Waals surface area contributed by atoms with Gasteiger partial charge in [0.05, 0.1) is 17.9 Å². The third kappa shape index (κ3) is 4.31. The first-order chi connectivity index (χ1) is 10.7. The fourth-order valence-corrected chi connectivity index (χ4v) is 2.91. The molecule has 1 aliphatic heterocycles. The van der Waals surface area contributed by atoms with Gasteiger partial charge < -0.3 is 14.8 Å². The van der Waals surface area contributed by atoms with Gasteiger partial charge in [-0.1, -0.05) is 0 Å². The monoisotopic (exact) mass is 327 g/mol. The number of benzene rings is 1. The number of hydrogen-bond donors (Lipinski definition) is 1. The Morgan fingerprint density at radius 2 is 2.41 bits per heavy atom. The van der Waals surface area contributed by atoms with Crippen molar-refractivity contribution in [1.29, 1.82) is 0 Å². The molecule has 7 heteroatoms. The fourth-order valence-electron chi connectivity index (χ4n) is 2.24. The zero-order chi connectivity index (χ0) is 15.9. The van der Waals surface area contributed by atoms with E-state index in [2.05, 4.69) is 12.0 Å². The van der Waals surface area contributed by atoms with Crippen molar-refractivity contribution in [3.63, 3.8) is 0 Å². The minimum atomic E-state index is -0.407. The number of nitrogens with zero attached hydrogens (tertiary/aromatic N) is 1. The molecule has 122 valence electrons. The molecule has 5 nitrogen and oxygen atoms in total. The molecule has 2 rings (SSSR count). The van der Waals surface area contributed by atoms with Crippen molar-refractivity contribution in [3.8, 4) is 0 Å². The van der Waals surface area contributed by atoms with Crippen LogP contribution in [-0.4, -0.2) is 44.7 Å². The highest BCUT2D eigenvalue weighted by Crippen LogP contribution is 2.27. The number of anilines is 2. The number of carbonyl (C=O) groups excluding carboxylic acids is 1. The zero-order valence-corrected chi connectivity index (χ0v) is 13.8. The highest BCUT2D eigenvalue weighted by atomic mass is 31.1. The second-order valence-electron chi connectivity index (χ2n) is 4.87. The van der Waals surface area contributed by atoms with E-state index in [0.29, 0.717) is 31.1 Å². The number of nitrogens with one attached hydrogen (secondary N) is 1. The topological polar surface area (TPSA) is 50.8 Å². The van der Waals surface area contributed by atoms with Crippen molar-refractivity contribution in [3.05, 3.63) is 30.6 Å². The van der Waals surface area contributed by atoms with E-state index in [1.54, 1.807) is 25.7 Å². The van der Waals surface area contributed by atoms with Gasteiger partial charge in [0.1, 0.15) is 11.9 Å². The van der Waals surface area contributed by atoms with Gasteiger partial charge in [-0.15, -0.1) is 8.58 Å². The van der Waals surface area contributed by atoms with Crippen LogP contribution < -0.4 is 10.2 Å². The van der Waals surface area contributed by atoms with Gasteiger partial charge in [0, 0.05) is 19.3 Å². The third-order valence-electron chi connectivity index (χ3n) is 3.27. The standard InChI is InChI=1S/C15H21FN2O3P/c1-3-20-7-6-17-14-5-4-11(8-13(14)16)18-9-12(10-22-2)21-15(18)19/h3-5,8,12,17,22H,6-7,9-10H2,1-2H3/q-1. The van der Waals surface area contributed by atoms with Gasteiger partial charge in [-0.3, -0.25) is 4.90 Å². The fraction of sp³-hybridized carbons (Fsp3) is 0.467. The van der Waals surface area contributed by atoms with E-state index in [9.17, 15) is 9.18 Å². The lowest BCUT2D eigenvalue weighted by atomic mass is 10.2. The first-order valence-electron chi connectivity index (χ1n) is 7.21. The van der Waals surface area contributed by atoms with Crippen LogP contribution >= 0.6 is 8.58 Å². The molecule has 0 spiro atoms. The highest BCUT2D eigenvalue weighted by molar-refractivity contribution is 7.37. The molecular weight excluding hydrogens is 306 g/mol. The average Bonchev–Trinajstić information content (AvgIpc) is 2.86. The van der Waals surface area contributed by atoms with Crippen molar-refractivity contribution >= 4 is 26.0 Å². The summed E-state index contributed by atoms with van der Waals surface area (Å²) in [7, 11) is 0.721. The molecule has 1 heterocycles. The molecule has 1 fully saturated rings. The number of carbonyl (C=O) groups is 1. The Bertz CT molecular complexity index is 516. The summed E-state index contributed by atoms with van der Waals surface area (Å²) in [5.74, 6) is -0.397. The van der Waals surface area contributed by atoms with Gasteiger partial charge in [0.25, 0.3) is 0 Å². The van der Waals surface area contributed by atoms with E-state index in [1.165, 1.54) is 11.0 Å². The minimum absolute atomic E-state index is 0.0980. The lowest BCUT2D eigenvalue weighted by Crippen LogP contribution is -2.25. The van der Waals surface area contributed by atoms with Crippen molar-refractivity contribution in [2.75, 3.05) is 42.7 Å². The SMILES string of the molecule is C[CH-]OCCNc1ccc(N2CC(CPC)OC2=O)cc1F. The van der Waals surface area contributed by atoms with Crippen LogP contribution in [0.1, 0.15) is 6.92 Å². The number of cyclic esters (lactones) is 1. The average molecular weight is 327 g/mol. The van der Waals surface area contributed by atoms with Crippen LogP contribution in [0, 0.1) is 12.4 Å². The Hall–Kier alpha value is -1.39. The second kappa shape index (κ2) is 8.30. The number of rotatable bonds is 8. The smallest absolute Gasteiger partial charge is 0.414 e. The molecule has 0 aliphatic carbocycles. The van der Waals surface area contributed by atoms with E-state index in [-0.39, 0.29) is 6.10 Å². The summed E-state index contributed by atoms with van der Waals surface area (Å²) in [4.78, 5) is 13.3. The first kappa shape index (κ1) is 17.0. The normalized spacial score (nSPS) is 18.2. The Balaban J connectivity index is 1.98. The van der Waals surface area contributed by atoms with E-state index in [0.717, 1.165) is 14.7 Å². The summed E-state index contributed by atoms with van der Waals surface area (Å²) < 4.78 is 24.4.